The number of alkyl halides is 3. The predicted molar refractivity (Wildman–Crippen MR) is 88.8 cm³/mol. The average molecular weight is 344 g/mol. The smallest absolute Gasteiger partial charge is 0.258 e. The van der Waals surface area contributed by atoms with Gasteiger partial charge in [-0.3, -0.25) is 10.1 Å². The van der Waals surface area contributed by atoms with E-state index in [1.165, 1.54) is 54.6 Å². The first-order valence-electron chi connectivity index (χ1n) is 7.25. The zero-order chi connectivity index (χ0) is 18.0. The molecule has 1 aromatic heterocycles. The van der Waals surface area contributed by atoms with Crippen LogP contribution in [0.1, 0.15) is 16.8 Å². The Hall–Kier alpha value is -3.22. The van der Waals surface area contributed by atoms with Gasteiger partial charge in [0.1, 0.15) is 0 Å². The standard InChI is InChI=1S/C18H11F3N2O2/c19-18(20,21)15-5-2-1-4-12(15)8-9-13-10-11-14-16(22-13)6-3-7-17(14)23(24)25/h1-11H/b9-8+. The molecule has 0 bridgehead atoms. The normalized spacial score (nSPS) is 12.0. The van der Waals surface area contributed by atoms with Gasteiger partial charge in [0.05, 0.1) is 27.1 Å². The third-order valence-electron chi connectivity index (χ3n) is 3.63. The minimum Gasteiger partial charge on any atom is -0.258 e. The Labute approximate surface area is 140 Å². The van der Waals surface area contributed by atoms with Crippen LogP contribution in [0.4, 0.5) is 18.9 Å². The molecule has 4 nitrogen and oxygen atoms in total. The van der Waals surface area contributed by atoms with Crippen LogP contribution in [0.25, 0.3) is 23.1 Å². The Morgan fingerprint density at radius 1 is 0.960 bits per heavy atom. The first-order valence-corrected chi connectivity index (χ1v) is 7.25. The van der Waals surface area contributed by atoms with Crippen molar-refractivity contribution < 1.29 is 18.1 Å². The van der Waals surface area contributed by atoms with Gasteiger partial charge in [0, 0.05) is 6.07 Å². The molecule has 0 atom stereocenters. The molecule has 2 aromatic carbocycles. The lowest BCUT2D eigenvalue weighted by Crippen LogP contribution is -2.06. The first-order chi connectivity index (χ1) is 11.9. The zero-order valence-corrected chi connectivity index (χ0v) is 12.7. The molecule has 0 N–H and O–H groups in total. The summed E-state index contributed by atoms with van der Waals surface area (Å²) < 4.78 is 39.0. The van der Waals surface area contributed by atoms with Crippen molar-refractivity contribution in [2.24, 2.45) is 0 Å². The fourth-order valence-corrected chi connectivity index (χ4v) is 2.48. The summed E-state index contributed by atoms with van der Waals surface area (Å²) in [4.78, 5) is 14.8. The Bertz CT molecular complexity index is 981. The lowest BCUT2D eigenvalue weighted by Gasteiger charge is -2.09. The zero-order valence-electron chi connectivity index (χ0n) is 12.7. The first kappa shape index (κ1) is 16.6. The molecular weight excluding hydrogens is 333 g/mol. The fourth-order valence-electron chi connectivity index (χ4n) is 2.48. The summed E-state index contributed by atoms with van der Waals surface area (Å²) in [5.74, 6) is 0. The molecule has 0 radical (unpaired) electrons. The van der Waals surface area contributed by atoms with Gasteiger partial charge in [-0.15, -0.1) is 0 Å². The predicted octanol–water partition coefficient (Wildman–Crippen LogP) is 5.33. The molecule has 126 valence electrons. The summed E-state index contributed by atoms with van der Waals surface area (Å²) >= 11 is 0. The molecule has 0 saturated heterocycles. The SMILES string of the molecule is O=[N+]([O-])c1cccc2nc(/C=C/c3ccccc3C(F)(F)F)ccc12. The maximum atomic E-state index is 13.0. The molecule has 0 fully saturated rings. The molecule has 0 unspecified atom stereocenters. The van der Waals surface area contributed by atoms with E-state index < -0.39 is 16.7 Å². The van der Waals surface area contributed by atoms with E-state index in [1.807, 2.05) is 0 Å². The van der Waals surface area contributed by atoms with Crippen molar-refractivity contribution in [2.75, 3.05) is 0 Å². The summed E-state index contributed by atoms with van der Waals surface area (Å²) in [5, 5.41) is 11.4. The summed E-state index contributed by atoms with van der Waals surface area (Å²) in [5.41, 5.74) is 0.0343. The number of pyridine rings is 1. The molecule has 0 amide bonds. The minimum atomic E-state index is -4.45. The van der Waals surface area contributed by atoms with E-state index in [1.54, 1.807) is 6.07 Å². The van der Waals surface area contributed by atoms with Gasteiger partial charge in [0.2, 0.25) is 0 Å². The highest BCUT2D eigenvalue weighted by Gasteiger charge is 2.32. The van der Waals surface area contributed by atoms with Gasteiger partial charge in [0.15, 0.2) is 0 Å². The molecule has 0 saturated carbocycles. The van der Waals surface area contributed by atoms with Crippen LogP contribution in [0.5, 0.6) is 0 Å². The van der Waals surface area contributed by atoms with Crippen LogP contribution in [-0.2, 0) is 6.18 Å². The molecule has 3 rings (SSSR count). The topological polar surface area (TPSA) is 56.0 Å². The molecular formula is C18H11F3N2O2. The third-order valence-corrected chi connectivity index (χ3v) is 3.63. The van der Waals surface area contributed by atoms with Crippen molar-refractivity contribution in [3.8, 4) is 0 Å². The summed E-state index contributed by atoms with van der Waals surface area (Å²) in [6.07, 6.45) is -1.67. The number of aromatic nitrogens is 1. The quantitative estimate of drug-likeness (QED) is 0.476. The number of non-ortho nitro benzene ring substituents is 1. The van der Waals surface area contributed by atoms with Crippen molar-refractivity contribution in [2.45, 2.75) is 6.18 Å². The maximum Gasteiger partial charge on any atom is 0.416 e. The summed E-state index contributed by atoms with van der Waals surface area (Å²) in [6.45, 7) is 0. The van der Waals surface area contributed by atoms with E-state index in [9.17, 15) is 23.3 Å². The van der Waals surface area contributed by atoms with Crippen molar-refractivity contribution in [1.29, 1.82) is 0 Å². The van der Waals surface area contributed by atoms with Crippen LogP contribution in [0, 0.1) is 10.1 Å². The van der Waals surface area contributed by atoms with Crippen LogP contribution in [0.15, 0.2) is 54.6 Å². The second-order valence-electron chi connectivity index (χ2n) is 5.26. The highest BCUT2D eigenvalue weighted by molar-refractivity contribution is 5.89. The van der Waals surface area contributed by atoms with E-state index in [-0.39, 0.29) is 11.3 Å². The fraction of sp³-hybridized carbons (Fsp3) is 0.0556. The number of fused-ring (bicyclic) bond motifs is 1. The van der Waals surface area contributed by atoms with Crippen LogP contribution < -0.4 is 0 Å². The molecule has 0 aliphatic carbocycles. The van der Waals surface area contributed by atoms with Gasteiger partial charge < -0.3 is 0 Å². The van der Waals surface area contributed by atoms with Crippen molar-refractivity contribution >= 4 is 28.7 Å². The second kappa shape index (κ2) is 6.35. The molecule has 25 heavy (non-hydrogen) atoms. The van der Waals surface area contributed by atoms with Gasteiger partial charge >= 0.3 is 6.18 Å². The van der Waals surface area contributed by atoms with E-state index in [4.69, 9.17) is 0 Å². The lowest BCUT2D eigenvalue weighted by molar-refractivity contribution is -0.383. The Kier molecular flexibility index (Phi) is 4.22. The number of halogens is 3. The van der Waals surface area contributed by atoms with E-state index in [2.05, 4.69) is 4.98 Å². The number of benzene rings is 2. The maximum absolute atomic E-state index is 13.0. The molecule has 3 aromatic rings. The van der Waals surface area contributed by atoms with Gasteiger partial charge in [-0.25, -0.2) is 4.98 Å². The van der Waals surface area contributed by atoms with E-state index >= 15 is 0 Å². The molecule has 0 aliphatic rings. The number of rotatable bonds is 3. The van der Waals surface area contributed by atoms with Gasteiger partial charge in [-0.1, -0.05) is 30.3 Å². The third kappa shape index (κ3) is 3.50. The van der Waals surface area contributed by atoms with Gasteiger partial charge in [0.25, 0.3) is 5.69 Å². The summed E-state index contributed by atoms with van der Waals surface area (Å²) in [6, 6.07) is 12.8. The highest BCUT2D eigenvalue weighted by atomic mass is 19.4. The molecule has 7 heteroatoms. The largest absolute Gasteiger partial charge is 0.416 e. The van der Waals surface area contributed by atoms with Gasteiger partial charge in [-0.2, -0.15) is 13.2 Å². The lowest BCUT2D eigenvalue weighted by atomic mass is 10.1. The van der Waals surface area contributed by atoms with E-state index in [0.717, 1.165) is 6.07 Å². The Morgan fingerprint density at radius 2 is 1.72 bits per heavy atom. The Morgan fingerprint density at radius 3 is 2.44 bits per heavy atom. The van der Waals surface area contributed by atoms with Crippen molar-refractivity contribution in [1.82, 2.24) is 4.98 Å². The molecule has 0 aliphatic heterocycles. The highest BCUT2D eigenvalue weighted by Crippen LogP contribution is 2.32. The number of nitro groups is 1. The number of nitro benzene ring substituents is 1. The van der Waals surface area contributed by atoms with Crippen LogP contribution >= 0.6 is 0 Å². The van der Waals surface area contributed by atoms with Crippen molar-refractivity contribution in [3.05, 3.63) is 81.5 Å². The van der Waals surface area contributed by atoms with Crippen LogP contribution in [-0.4, -0.2) is 9.91 Å². The molecule has 0 spiro atoms. The van der Waals surface area contributed by atoms with Gasteiger partial charge in [-0.05, 0) is 35.9 Å². The summed E-state index contributed by atoms with van der Waals surface area (Å²) in [7, 11) is 0. The number of hydrogen-bond acceptors (Lipinski definition) is 3. The van der Waals surface area contributed by atoms with E-state index in [0.29, 0.717) is 16.6 Å². The number of hydrogen-bond donors (Lipinski definition) is 0. The monoisotopic (exact) mass is 344 g/mol. The number of nitrogens with zero attached hydrogens (tertiary/aromatic N) is 2. The average Bonchev–Trinajstić information content (AvgIpc) is 2.58. The van der Waals surface area contributed by atoms with Crippen molar-refractivity contribution in [3.63, 3.8) is 0 Å². The second-order valence-corrected chi connectivity index (χ2v) is 5.26. The van der Waals surface area contributed by atoms with Crippen LogP contribution in [0.2, 0.25) is 0 Å². The van der Waals surface area contributed by atoms with Crippen LogP contribution in [0.3, 0.4) is 0 Å². The minimum absolute atomic E-state index is 0.0240. The molecule has 1 heterocycles. The Balaban J connectivity index is 2.00.